The first-order valence-corrected chi connectivity index (χ1v) is 16.8. The van der Waals surface area contributed by atoms with Crippen molar-refractivity contribution in [2.45, 2.75) is 76.7 Å². The van der Waals surface area contributed by atoms with Crippen molar-refractivity contribution in [2.75, 3.05) is 10.7 Å². The van der Waals surface area contributed by atoms with Crippen LogP contribution in [0.1, 0.15) is 69.4 Å². The number of ether oxygens (including phenoxy) is 1. The van der Waals surface area contributed by atoms with E-state index in [1.165, 1.54) is 40.8 Å². The van der Waals surface area contributed by atoms with Crippen molar-refractivity contribution in [2.24, 2.45) is 4.99 Å². The van der Waals surface area contributed by atoms with E-state index in [0.29, 0.717) is 17.4 Å². The smallest absolute Gasteiger partial charge is 0.406 e. The number of anilines is 1. The molecule has 2 amide bonds. The number of aliphatic imine (C=N–C) groups is 1. The van der Waals surface area contributed by atoms with Crippen LogP contribution in [0.4, 0.5) is 23.7 Å². The van der Waals surface area contributed by atoms with Gasteiger partial charge in [0.15, 0.2) is 11.0 Å². The maximum Gasteiger partial charge on any atom is 0.573 e. The van der Waals surface area contributed by atoms with Gasteiger partial charge in [0, 0.05) is 35.0 Å². The molecule has 47 heavy (non-hydrogen) atoms. The van der Waals surface area contributed by atoms with Crippen LogP contribution >= 0.6 is 11.8 Å². The summed E-state index contributed by atoms with van der Waals surface area (Å²) >= 11 is 1.63. The molecule has 1 aliphatic carbocycles. The third-order valence-corrected chi connectivity index (χ3v) is 9.66. The van der Waals surface area contributed by atoms with Gasteiger partial charge in [0.1, 0.15) is 12.1 Å². The Hall–Kier alpha value is -4.32. The molecule has 4 aromatic rings. The number of amides is 2. The highest BCUT2D eigenvalue weighted by Crippen LogP contribution is 2.37. The van der Waals surface area contributed by atoms with Gasteiger partial charge in [-0.25, -0.2) is 14.5 Å². The molecule has 0 spiro atoms. The van der Waals surface area contributed by atoms with Crippen molar-refractivity contribution in [1.82, 2.24) is 20.1 Å². The van der Waals surface area contributed by atoms with E-state index in [1.807, 2.05) is 30.3 Å². The summed E-state index contributed by atoms with van der Waals surface area (Å²) in [5.74, 6) is 1.61. The highest BCUT2D eigenvalue weighted by atomic mass is 32.2. The van der Waals surface area contributed by atoms with Crippen LogP contribution in [0, 0.1) is 0 Å². The molecule has 1 aromatic heterocycles. The zero-order chi connectivity index (χ0) is 33.1. The van der Waals surface area contributed by atoms with E-state index >= 15 is 0 Å². The molecule has 1 saturated carbocycles. The Morgan fingerprint density at radius 3 is 2.49 bits per heavy atom. The number of nitrogens with one attached hydrogen (secondary N) is 1. The molecule has 8 nitrogen and oxygen atoms in total. The zero-order valence-electron chi connectivity index (χ0n) is 26.4. The topological polar surface area (TPSA) is 84.6 Å². The van der Waals surface area contributed by atoms with Crippen LogP contribution in [0.3, 0.4) is 0 Å². The first kappa shape index (κ1) is 32.6. The Morgan fingerprint density at radius 2 is 1.77 bits per heavy atom. The second-order valence-corrected chi connectivity index (χ2v) is 13.3. The molecule has 12 heteroatoms. The molecule has 1 saturated heterocycles. The third-order valence-electron chi connectivity index (χ3n) is 8.68. The molecule has 3 aromatic carbocycles. The third kappa shape index (κ3) is 7.64. The molecule has 2 aliphatic rings. The van der Waals surface area contributed by atoms with Crippen LogP contribution < -0.4 is 15.0 Å². The van der Waals surface area contributed by atoms with Crippen molar-refractivity contribution in [3.8, 4) is 22.8 Å². The van der Waals surface area contributed by atoms with Crippen molar-refractivity contribution >= 4 is 28.6 Å². The molecule has 1 aliphatic heterocycles. The molecule has 1 N–H and O–H groups in total. The van der Waals surface area contributed by atoms with Crippen LogP contribution in [0.25, 0.3) is 17.1 Å². The SMILES string of the molecule is CC(C)c1ccccc1N1C(=NC(=O)NC2CCCC2c2ccc(-c3ncn(-c4ccc(OC(F)(F)F)cc4)n3)cc2)SCCC1C. The number of carbonyl (C=O) groups excluding carboxylic acids is 1. The number of carbonyl (C=O) groups is 1. The zero-order valence-corrected chi connectivity index (χ0v) is 27.3. The number of aromatic nitrogens is 3. The fraction of sp³-hybridized carbons (Fsp3) is 0.371. The number of nitrogens with zero attached hydrogens (tertiary/aromatic N) is 5. The summed E-state index contributed by atoms with van der Waals surface area (Å²) in [5.41, 5.74) is 4.83. The number of urea groups is 1. The van der Waals surface area contributed by atoms with Gasteiger partial charge in [-0.05, 0) is 73.6 Å². The molecular weight excluding hydrogens is 625 g/mol. The van der Waals surface area contributed by atoms with Crippen LogP contribution in [-0.2, 0) is 0 Å². The maximum atomic E-state index is 13.4. The highest BCUT2D eigenvalue weighted by Gasteiger charge is 2.33. The lowest BCUT2D eigenvalue weighted by molar-refractivity contribution is -0.274. The summed E-state index contributed by atoms with van der Waals surface area (Å²) in [5, 5.41) is 8.46. The van der Waals surface area contributed by atoms with Crippen LogP contribution in [0.2, 0.25) is 0 Å². The van der Waals surface area contributed by atoms with Gasteiger partial charge in [-0.2, -0.15) is 4.99 Å². The highest BCUT2D eigenvalue weighted by molar-refractivity contribution is 8.14. The summed E-state index contributed by atoms with van der Waals surface area (Å²) in [6.45, 7) is 6.56. The number of rotatable bonds is 7. The molecule has 3 unspecified atom stereocenters. The summed E-state index contributed by atoms with van der Waals surface area (Å²) in [6, 6.07) is 21.7. The quantitative estimate of drug-likeness (QED) is 0.213. The molecule has 6 rings (SSSR count). The fourth-order valence-corrected chi connectivity index (χ4v) is 7.55. The van der Waals surface area contributed by atoms with E-state index in [-0.39, 0.29) is 29.8 Å². The van der Waals surface area contributed by atoms with Gasteiger partial charge in [-0.15, -0.1) is 18.3 Å². The minimum absolute atomic E-state index is 0.0262. The van der Waals surface area contributed by atoms with E-state index in [1.54, 1.807) is 11.8 Å². The number of para-hydroxylation sites is 1. The van der Waals surface area contributed by atoms with Gasteiger partial charge in [-0.3, -0.25) is 0 Å². The molecular formula is C35H37F3N6O2S. The number of amidine groups is 1. The summed E-state index contributed by atoms with van der Waals surface area (Å²) in [4.78, 5) is 24.6. The Morgan fingerprint density at radius 1 is 1.02 bits per heavy atom. The van der Waals surface area contributed by atoms with Gasteiger partial charge in [-0.1, -0.05) is 74.5 Å². The number of alkyl halides is 3. The van der Waals surface area contributed by atoms with E-state index < -0.39 is 6.36 Å². The Labute approximate surface area is 276 Å². The Kier molecular flexibility index (Phi) is 9.58. The Balaban J connectivity index is 1.13. The maximum absolute atomic E-state index is 13.4. The first-order valence-electron chi connectivity index (χ1n) is 15.8. The van der Waals surface area contributed by atoms with Gasteiger partial charge in [0.2, 0.25) is 0 Å². The monoisotopic (exact) mass is 662 g/mol. The van der Waals surface area contributed by atoms with Gasteiger partial charge >= 0.3 is 12.4 Å². The average Bonchev–Trinajstić information content (AvgIpc) is 3.71. The second-order valence-electron chi connectivity index (χ2n) is 12.2. The normalized spacial score (nSPS) is 21.0. The van der Waals surface area contributed by atoms with Gasteiger partial charge in [0.05, 0.1) is 5.69 Å². The lowest BCUT2D eigenvalue weighted by atomic mass is 9.93. The van der Waals surface area contributed by atoms with Crippen molar-refractivity contribution in [3.05, 3.63) is 90.3 Å². The molecule has 2 heterocycles. The predicted octanol–water partition coefficient (Wildman–Crippen LogP) is 8.69. The standard InChI is InChI=1S/C35H37F3N6O2S/c1-22(2)28-7-4-5-10-31(28)44-23(3)19-20-47-34(44)41-33(45)40-30-9-6-8-29(30)24-11-13-25(14-12-24)32-39-21-43(42-32)26-15-17-27(18-16-26)46-35(36,37)38/h4-5,7,10-18,21-23,29-30H,6,8-9,19-20H2,1-3H3,(H,40,45). The van der Waals surface area contributed by atoms with E-state index in [0.717, 1.165) is 53.4 Å². The molecule has 0 bridgehead atoms. The van der Waals surface area contributed by atoms with E-state index in [4.69, 9.17) is 0 Å². The second kappa shape index (κ2) is 13.8. The van der Waals surface area contributed by atoms with Crippen LogP contribution in [-0.4, -0.2) is 50.2 Å². The van der Waals surface area contributed by atoms with Crippen LogP contribution in [0.15, 0.2) is 84.1 Å². The number of halogens is 3. The predicted molar refractivity (Wildman–Crippen MR) is 179 cm³/mol. The molecule has 0 radical (unpaired) electrons. The van der Waals surface area contributed by atoms with E-state index in [9.17, 15) is 18.0 Å². The van der Waals surface area contributed by atoms with Crippen molar-refractivity contribution < 1.29 is 22.7 Å². The summed E-state index contributed by atoms with van der Waals surface area (Å²) in [6.07, 6.45) is 0.629. The van der Waals surface area contributed by atoms with Crippen molar-refractivity contribution in [3.63, 3.8) is 0 Å². The average molecular weight is 663 g/mol. The first-order chi connectivity index (χ1) is 22.6. The molecule has 246 valence electrons. The number of hydrogen-bond donors (Lipinski definition) is 1. The van der Waals surface area contributed by atoms with Crippen LogP contribution in [0.5, 0.6) is 5.75 Å². The lowest BCUT2D eigenvalue weighted by Gasteiger charge is -2.37. The van der Waals surface area contributed by atoms with Gasteiger partial charge in [0.25, 0.3) is 0 Å². The Bertz CT molecular complexity index is 1720. The van der Waals surface area contributed by atoms with E-state index in [2.05, 4.69) is 69.0 Å². The summed E-state index contributed by atoms with van der Waals surface area (Å²) < 4.78 is 42.9. The summed E-state index contributed by atoms with van der Waals surface area (Å²) in [7, 11) is 0. The largest absolute Gasteiger partial charge is 0.573 e. The number of benzene rings is 3. The minimum Gasteiger partial charge on any atom is -0.406 e. The fourth-order valence-electron chi connectivity index (χ4n) is 6.34. The van der Waals surface area contributed by atoms with Gasteiger partial charge < -0.3 is 15.0 Å². The minimum atomic E-state index is -4.75. The molecule has 2 fully saturated rings. The van der Waals surface area contributed by atoms with Crippen molar-refractivity contribution in [1.29, 1.82) is 0 Å². The number of hydrogen-bond acceptors (Lipinski definition) is 5. The lowest BCUT2D eigenvalue weighted by Crippen LogP contribution is -2.43. The molecule has 3 atom stereocenters. The number of thioether (sulfide) groups is 1.